The fourth-order valence-electron chi connectivity index (χ4n) is 1.03. The fraction of sp³-hybridized carbons (Fsp3) is 0.250. The maximum Gasteiger partial charge on any atom is 0.326 e. The van der Waals surface area contributed by atoms with Crippen LogP contribution in [0, 0.1) is 0 Å². The van der Waals surface area contributed by atoms with Crippen molar-refractivity contribution in [3.8, 4) is 0 Å². The minimum absolute atomic E-state index is 0.296. The second-order valence-electron chi connectivity index (χ2n) is 2.50. The highest BCUT2D eigenvalue weighted by molar-refractivity contribution is 6.35. The highest BCUT2D eigenvalue weighted by Crippen LogP contribution is 2.18. The van der Waals surface area contributed by atoms with Crippen LogP contribution in [0.5, 0.6) is 0 Å². The summed E-state index contributed by atoms with van der Waals surface area (Å²) in [6.07, 6.45) is 5.37. The van der Waals surface area contributed by atoms with E-state index >= 15 is 0 Å². The molecule has 13 heavy (non-hydrogen) atoms. The van der Waals surface area contributed by atoms with E-state index in [4.69, 9.17) is 21.9 Å². The van der Waals surface area contributed by atoms with Gasteiger partial charge in [-0.3, -0.25) is 4.79 Å². The number of alkyl halides is 1. The van der Waals surface area contributed by atoms with Crippen LogP contribution < -0.4 is 0 Å². The molecule has 0 bridgehead atoms. The van der Waals surface area contributed by atoms with E-state index in [9.17, 15) is 4.79 Å². The predicted molar refractivity (Wildman–Crippen MR) is 48.3 cm³/mol. The van der Waals surface area contributed by atoms with Gasteiger partial charge in [-0.05, 0) is 0 Å². The van der Waals surface area contributed by atoms with Crippen molar-refractivity contribution in [2.45, 2.75) is 11.8 Å². The molecule has 0 amide bonds. The molecule has 0 aromatic rings. The Morgan fingerprint density at radius 1 is 1.69 bits per heavy atom. The smallest absolute Gasteiger partial charge is 0.326 e. The van der Waals surface area contributed by atoms with Crippen molar-refractivity contribution in [2.24, 2.45) is 5.16 Å². The van der Waals surface area contributed by atoms with Crippen LogP contribution in [0.1, 0.15) is 6.42 Å². The first-order valence-electron chi connectivity index (χ1n) is 3.61. The monoisotopic (exact) mass is 201 g/mol. The van der Waals surface area contributed by atoms with Crippen LogP contribution in [-0.2, 0) is 4.79 Å². The van der Waals surface area contributed by atoms with Gasteiger partial charge in [-0.15, -0.1) is 11.6 Å². The molecule has 1 unspecified atom stereocenters. The number of carboxylic acid groups (broad SMARTS) is 1. The molecule has 0 heterocycles. The first-order valence-corrected chi connectivity index (χ1v) is 4.05. The van der Waals surface area contributed by atoms with E-state index < -0.39 is 11.3 Å². The molecular weight excluding hydrogens is 194 g/mol. The molecule has 1 rings (SSSR count). The molecule has 1 aliphatic rings. The molecule has 0 aromatic heterocycles. The maximum absolute atomic E-state index is 10.5. The largest absolute Gasteiger partial charge is 0.480 e. The quantitative estimate of drug-likeness (QED) is 0.403. The number of carboxylic acids is 1. The van der Waals surface area contributed by atoms with Gasteiger partial charge in [0.05, 0.1) is 5.71 Å². The zero-order chi connectivity index (χ0) is 9.84. The number of allylic oxidation sites excluding steroid dienone is 3. The van der Waals surface area contributed by atoms with Gasteiger partial charge in [0, 0.05) is 12.0 Å². The molecule has 5 heteroatoms. The van der Waals surface area contributed by atoms with E-state index in [-0.39, 0.29) is 0 Å². The van der Waals surface area contributed by atoms with Gasteiger partial charge in [0.25, 0.3) is 0 Å². The molecule has 0 radical (unpaired) electrons. The van der Waals surface area contributed by atoms with Gasteiger partial charge in [-0.1, -0.05) is 23.4 Å². The van der Waals surface area contributed by atoms with Crippen LogP contribution in [0.4, 0.5) is 0 Å². The van der Waals surface area contributed by atoms with Gasteiger partial charge >= 0.3 is 5.97 Å². The van der Waals surface area contributed by atoms with Crippen LogP contribution in [0.15, 0.2) is 29.0 Å². The lowest BCUT2D eigenvalue weighted by molar-refractivity contribution is -0.135. The molecule has 0 aliphatic heterocycles. The van der Waals surface area contributed by atoms with Gasteiger partial charge in [-0.25, -0.2) is 0 Å². The van der Waals surface area contributed by atoms with Crippen LogP contribution in [0.2, 0.25) is 0 Å². The Morgan fingerprint density at radius 3 is 2.92 bits per heavy atom. The Balaban J connectivity index is 2.94. The highest BCUT2D eigenvalue weighted by Gasteiger charge is 2.23. The Bertz CT molecular complexity index is 307. The van der Waals surface area contributed by atoms with Gasteiger partial charge in [0.2, 0.25) is 0 Å². The standard InChI is InChI=1S/C8H8ClNO3/c9-7(8(11)12)5-3-1-2-4-6(5)10-13/h1-3,7,13H,4H2,(H,11,12). The third kappa shape index (κ3) is 2.09. The van der Waals surface area contributed by atoms with Crippen LogP contribution in [0.3, 0.4) is 0 Å². The summed E-state index contributed by atoms with van der Waals surface area (Å²) >= 11 is 5.57. The summed E-state index contributed by atoms with van der Waals surface area (Å²) in [6.45, 7) is 0. The van der Waals surface area contributed by atoms with Crippen LogP contribution in [-0.4, -0.2) is 27.4 Å². The molecule has 1 atom stereocenters. The second kappa shape index (κ2) is 4.09. The van der Waals surface area contributed by atoms with E-state index in [0.29, 0.717) is 17.7 Å². The summed E-state index contributed by atoms with van der Waals surface area (Å²) in [5.41, 5.74) is 0.629. The van der Waals surface area contributed by atoms with Gasteiger partial charge in [0.15, 0.2) is 5.38 Å². The Labute approximate surface area is 79.8 Å². The second-order valence-corrected chi connectivity index (χ2v) is 2.94. The first kappa shape index (κ1) is 9.80. The van der Waals surface area contributed by atoms with E-state index in [1.807, 2.05) is 0 Å². The minimum Gasteiger partial charge on any atom is -0.480 e. The summed E-state index contributed by atoms with van der Waals surface area (Å²) < 4.78 is 0. The van der Waals surface area contributed by atoms with E-state index in [1.165, 1.54) is 6.08 Å². The molecule has 70 valence electrons. The average Bonchev–Trinajstić information content (AvgIpc) is 2.16. The van der Waals surface area contributed by atoms with Gasteiger partial charge in [0.1, 0.15) is 0 Å². The molecule has 4 nitrogen and oxygen atoms in total. The van der Waals surface area contributed by atoms with Crippen molar-refractivity contribution in [3.05, 3.63) is 23.8 Å². The summed E-state index contributed by atoms with van der Waals surface area (Å²) in [5, 5.41) is 19.0. The average molecular weight is 202 g/mol. The van der Waals surface area contributed by atoms with Crippen molar-refractivity contribution < 1.29 is 15.1 Å². The highest BCUT2D eigenvalue weighted by atomic mass is 35.5. The summed E-state index contributed by atoms with van der Waals surface area (Å²) in [4.78, 5) is 10.5. The van der Waals surface area contributed by atoms with Crippen molar-refractivity contribution in [1.82, 2.24) is 0 Å². The van der Waals surface area contributed by atoms with E-state index in [1.54, 1.807) is 12.2 Å². The van der Waals surface area contributed by atoms with Crippen molar-refractivity contribution >= 4 is 23.3 Å². The molecule has 0 aromatic carbocycles. The lowest BCUT2D eigenvalue weighted by Crippen LogP contribution is -2.22. The molecule has 1 aliphatic carbocycles. The number of oxime groups is 1. The number of aliphatic carboxylic acids is 1. The molecular formula is C8H8ClNO3. The molecule has 2 N–H and O–H groups in total. The number of hydrogen-bond donors (Lipinski definition) is 2. The van der Waals surface area contributed by atoms with Gasteiger partial charge in [-0.2, -0.15) is 0 Å². The zero-order valence-corrected chi connectivity index (χ0v) is 7.40. The lowest BCUT2D eigenvalue weighted by atomic mass is 9.99. The number of nitrogens with zero attached hydrogens (tertiary/aromatic N) is 1. The number of carbonyl (C=O) groups is 1. The Hall–Kier alpha value is -1.29. The van der Waals surface area contributed by atoms with Crippen molar-refractivity contribution in [2.75, 3.05) is 0 Å². The van der Waals surface area contributed by atoms with Crippen LogP contribution >= 0.6 is 11.6 Å². The third-order valence-corrected chi connectivity index (χ3v) is 2.09. The zero-order valence-electron chi connectivity index (χ0n) is 6.64. The Kier molecular flexibility index (Phi) is 3.08. The predicted octanol–water partition coefficient (Wildman–Crippen LogP) is 1.39. The maximum atomic E-state index is 10.5. The topological polar surface area (TPSA) is 69.9 Å². The van der Waals surface area contributed by atoms with E-state index in [0.717, 1.165) is 0 Å². The van der Waals surface area contributed by atoms with Crippen molar-refractivity contribution in [1.29, 1.82) is 0 Å². The SMILES string of the molecule is O=C(O)C(Cl)C1=CC=CCC1=NO. The number of rotatable bonds is 2. The fourth-order valence-corrected chi connectivity index (χ4v) is 1.23. The molecule has 0 fully saturated rings. The summed E-state index contributed by atoms with van der Waals surface area (Å²) in [6, 6.07) is 0. The summed E-state index contributed by atoms with van der Waals surface area (Å²) in [5.74, 6) is -1.15. The van der Waals surface area contributed by atoms with Gasteiger partial charge < -0.3 is 10.3 Å². The lowest BCUT2D eigenvalue weighted by Gasteiger charge is -2.12. The number of hydrogen-bond acceptors (Lipinski definition) is 3. The Morgan fingerprint density at radius 2 is 2.38 bits per heavy atom. The molecule has 0 spiro atoms. The van der Waals surface area contributed by atoms with Crippen molar-refractivity contribution in [3.63, 3.8) is 0 Å². The normalized spacial score (nSPS) is 21.3. The number of halogens is 1. The molecule has 0 saturated carbocycles. The molecule has 0 saturated heterocycles. The van der Waals surface area contributed by atoms with Crippen LogP contribution in [0.25, 0.3) is 0 Å². The third-order valence-electron chi connectivity index (χ3n) is 1.67. The van der Waals surface area contributed by atoms with E-state index in [2.05, 4.69) is 5.16 Å². The summed E-state index contributed by atoms with van der Waals surface area (Å²) in [7, 11) is 0. The minimum atomic E-state index is -1.16. The first-order chi connectivity index (χ1) is 6.16.